The fraction of sp³-hybridized carbons (Fsp3) is 0.526. The number of carbonyl (C=O) groups excluding carboxylic acids is 2. The molecule has 0 atom stereocenters. The van der Waals surface area contributed by atoms with E-state index in [-0.39, 0.29) is 18.1 Å². The number of rotatable bonds is 9. The van der Waals surface area contributed by atoms with Crippen LogP contribution in [0.15, 0.2) is 24.3 Å². The number of hydrogen-bond donors (Lipinski definition) is 2. The van der Waals surface area contributed by atoms with Gasteiger partial charge in [-0.3, -0.25) is 14.4 Å². The number of carboxylic acid groups (broad SMARTS) is 1. The molecule has 1 aromatic rings. The maximum Gasteiger partial charge on any atom is 0.305 e. The number of carbonyl (C=O) groups is 3. The number of aliphatic carboxylic acids is 1. The zero-order chi connectivity index (χ0) is 18.3. The number of nitrogens with one attached hydrogen (secondary N) is 1. The van der Waals surface area contributed by atoms with E-state index in [1.807, 2.05) is 0 Å². The normalized spacial score (nSPS) is 15.6. The van der Waals surface area contributed by atoms with Crippen molar-refractivity contribution in [2.75, 3.05) is 6.61 Å². The van der Waals surface area contributed by atoms with Gasteiger partial charge < -0.3 is 15.2 Å². The third-order valence-electron chi connectivity index (χ3n) is 4.53. The molecule has 0 spiro atoms. The molecule has 25 heavy (non-hydrogen) atoms. The standard InChI is InChI=1S/C19H25NO5/c1-14(21)15-6-8-16(9-7-15)25-12-4-5-17(22)20-19(13-18(23)24)10-2-3-11-19/h6-9H,2-5,10-13H2,1H3,(H,20,22)(H,23,24). The van der Waals surface area contributed by atoms with E-state index in [0.29, 0.717) is 30.8 Å². The van der Waals surface area contributed by atoms with Crippen LogP contribution >= 0.6 is 0 Å². The fourth-order valence-corrected chi connectivity index (χ4v) is 3.25. The molecular weight excluding hydrogens is 322 g/mol. The van der Waals surface area contributed by atoms with Crippen LogP contribution in [-0.4, -0.2) is 34.9 Å². The van der Waals surface area contributed by atoms with E-state index in [9.17, 15) is 14.4 Å². The van der Waals surface area contributed by atoms with Gasteiger partial charge >= 0.3 is 5.97 Å². The second-order valence-electron chi connectivity index (χ2n) is 6.64. The summed E-state index contributed by atoms with van der Waals surface area (Å²) in [6.45, 7) is 1.90. The Morgan fingerprint density at radius 3 is 2.36 bits per heavy atom. The summed E-state index contributed by atoms with van der Waals surface area (Å²) in [5.41, 5.74) is 0.0544. The molecule has 0 bridgehead atoms. The quantitative estimate of drug-likeness (QED) is 0.529. The molecule has 136 valence electrons. The molecule has 2 rings (SSSR count). The topological polar surface area (TPSA) is 92.7 Å². The third-order valence-corrected chi connectivity index (χ3v) is 4.53. The molecule has 2 N–H and O–H groups in total. The Kier molecular flexibility index (Phi) is 6.56. The van der Waals surface area contributed by atoms with Crippen LogP contribution in [-0.2, 0) is 9.59 Å². The van der Waals surface area contributed by atoms with E-state index < -0.39 is 11.5 Å². The zero-order valence-corrected chi connectivity index (χ0v) is 14.5. The van der Waals surface area contributed by atoms with Crippen molar-refractivity contribution in [3.8, 4) is 5.75 Å². The second kappa shape index (κ2) is 8.65. The molecule has 6 heteroatoms. The van der Waals surface area contributed by atoms with Crippen molar-refractivity contribution in [1.82, 2.24) is 5.32 Å². The fourth-order valence-electron chi connectivity index (χ4n) is 3.25. The Balaban J connectivity index is 1.72. The van der Waals surface area contributed by atoms with Gasteiger partial charge in [0.05, 0.1) is 18.6 Å². The molecule has 0 aliphatic heterocycles. The lowest BCUT2D eigenvalue weighted by Crippen LogP contribution is -2.47. The van der Waals surface area contributed by atoms with Gasteiger partial charge in [-0.25, -0.2) is 0 Å². The summed E-state index contributed by atoms with van der Waals surface area (Å²) in [4.78, 5) is 34.4. The molecule has 0 unspecified atom stereocenters. The largest absolute Gasteiger partial charge is 0.494 e. The predicted octanol–water partition coefficient (Wildman–Crippen LogP) is 2.95. The minimum absolute atomic E-state index is 0.00502. The van der Waals surface area contributed by atoms with Gasteiger partial charge in [-0.15, -0.1) is 0 Å². The molecule has 0 saturated heterocycles. The summed E-state index contributed by atoms with van der Waals surface area (Å²) in [5.74, 6) is -0.341. The number of hydrogen-bond acceptors (Lipinski definition) is 4. The van der Waals surface area contributed by atoms with Crippen LogP contribution in [0.2, 0.25) is 0 Å². The Morgan fingerprint density at radius 2 is 1.80 bits per heavy atom. The van der Waals surface area contributed by atoms with Gasteiger partial charge in [0.1, 0.15) is 5.75 Å². The number of ketones is 1. The molecule has 0 aromatic heterocycles. The zero-order valence-electron chi connectivity index (χ0n) is 14.5. The van der Waals surface area contributed by atoms with Crippen molar-refractivity contribution in [2.24, 2.45) is 0 Å². The van der Waals surface area contributed by atoms with E-state index in [0.717, 1.165) is 25.7 Å². The molecular formula is C19H25NO5. The van der Waals surface area contributed by atoms with Gasteiger partial charge in [-0.2, -0.15) is 0 Å². The van der Waals surface area contributed by atoms with E-state index >= 15 is 0 Å². The first-order valence-electron chi connectivity index (χ1n) is 8.67. The summed E-state index contributed by atoms with van der Waals surface area (Å²) in [7, 11) is 0. The van der Waals surface area contributed by atoms with Crippen molar-refractivity contribution >= 4 is 17.7 Å². The monoisotopic (exact) mass is 347 g/mol. The van der Waals surface area contributed by atoms with Gasteiger partial charge in [0.2, 0.25) is 5.91 Å². The van der Waals surface area contributed by atoms with Crippen LogP contribution in [0.5, 0.6) is 5.75 Å². The highest BCUT2D eigenvalue weighted by Crippen LogP contribution is 2.32. The van der Waals surface area contributed by atoms with Crippen molar-refractivity contribution in [1.29, 1.82) is 0 Å². The Bertz CT molecular complexity index is 617. The lowest BCUT2D eigenvalue weighted by atomic mass is 9.93. The molecule has 1 aliphatic rings. The highest BCUT2D eigenvalue weighted by Gasteiger charge is 2.37. The van der Waals surface area contributed by atoms with Crippen LogP contribution in [0.4, 0.5) is 0 Å². The van der Waals surface area contributed by atoms with Gasteiger partial charge in [0.15, 0.2) is 5.78 Å². The van der Waals surface area contributed by atoms with Crippen molar-refractivity contribution in [3.63, 3.8) is 0 Å². The first kappa shape index (κ1) is 19.0. The molecule has 1 amide bonds. The molecule has 0 heterocycles. The van der Waals surface area contributed by atoms with E-state index in [1.165, 1.54) is 6.92 Å². The maximum atomic E-state index is 12.1. The van der Waals surface area contributed by atoms with Crippen molar-refractivity contribution in [3.05, 3.63) is 29.8 Å². The average Bonchev–Trinajstić information content (AvgIpc) is 2.99. The Morgan fingerprint density at radius 1 is 1.16 bits per heavy atom. The van der Waals surface area contributed by atoms with E-state index in [2.05, 4.69) is 5.32 Å². The molecule has 1 saturated carbocycles. The molecule has 1 aromatic carbocycles. The van der Waals surface area contributed by atoms with Gasteiger partial charge in [-0.05, 0) is 50.5 Å². The predicted molar refractivity (Wildman–Crippen MR) is 92.8 cm³/mol. The minimum atomic E-state index is -0.875. The summed E-state index contributed by atoms with van der Waals surface area (Å²) in [6, 6.07) is 6.88. The summed E-state index contributed by atoms with van der Waals surface area (Å²) < 4.78 is 5.57. The summed E-state index contributed by atoms with van der Waals surface area (Å²) >= 11 is 0. The van der Waals surface area contributed by atoms with Crippen LogP contribution in [0.25, 0.3) is 0 Å². The van der Waals surface area contributed by atoms with E-state index in [1.54, 1.807) is 24.3 Å². The Hall–Kier alpha value is -2.37. The lowest BCUT2D eigenvalue weighted by molar-refractivity contribution is -0.139. The van der Waals surface area contributed by atoms with E-state index in [4.69, 9.17) is 9.84 Å². The molecule has 0 radical (unpaired) electrons. The smallest absolute Gasteiger partial charge is 0.305 e. The van der Waals surface area contributed by atoms with Crippen molar-refractivity contribution in [2.45, 2.75) is 57.4 Å². The maximum absolute atomic E-state index is 12.1. The van der Waals surface area contributed by atoms with Crippen LogP contribution in [0.3, 0.4) is 0 Å². The minimum Gasteiger partial charge on any atom is -0.494 e. The number of carboxylic acids is 1. The second-order valence-corrected chi connectivity index (χ2v) is 6.64. The summed E-state index contributed by atoms with van der Waals surface area (Å²) in [5, 5.41) is 12.0. The molecule has 1 aliphatic carbocycles. The molecule has 6 nitrogen and oxygen atoms in total. The third kappa shape index (κ3) is 5.89. The van der Waals surface area contributed by atoms with Gasteiger partial charge in [0.25, 0.3) is 0 Å². The first-order valence-corrected chi connectivity index (χ1v) is 8.67. The number of Topliss-reactive ketones (excluding diaryl/α,β-unsaturated/α-hetero) is 1. The highest BCUT2D eigenvalue weighted by molar-refractivity contribution is 5.94. The van der Waals surface area contributed by atoms with Gasteiger partial charge in [0, 0.05) is 12.0 Å². The van der Waals surface area contributed by atoms with Crippen LogP contribution in [0, 0.1) is 0 Å². The van der Waals surface area contributed by atoms with Gasteiger partial charge in [-0.1, -0.05) is 12.8 Å². The highest BCUT2D eigenvalue weighted by atomic mass is 16.5. The first-order chi connectivity index (χ1) is 11.9. The number of benzene rings is 1. The van der Waals surface area contributed by atoms with Crippen LogP contribution in [0.1, 0.15) is 62.2 Å². The summed E-state index contributed by atoms with van der Waals surface area (Å²) in [6.07, 6.45) is 4.18. The Labute approximate surface area is 147 Å². The SMILES string of the molecule is CC(=O)c1ccc(OCCCC(=O)NC2(CC(=O)O)CCCC2)cc1. The number of ether oxygens (including phenoxy) is 1. The lowest BCUT2D eigenvalue weighted by Gasteiger charge is -2.28. The average molecular weight is 347 g/mol. The van der Waals surface area contributed by atoms with Crippen molar-refractivity contribution < 1.29 is 24.2 Å². The molecule has 1 fully saturated rings. The number of amides is 1. The van der Waals surface area contributed by atoms with Crippen LogP contribution < -0.4 is 10.1 Å².